The van der Waals surface area contributed by atoms with Gasteiger partial charge in [0.2, 0.25) is 0 Å². The smallest absolute Gasteiger partial charge is 0.164 e. The van der Waals surface area contributed by atoms with Crippen molar-refractivity contribution in [2.24, 2.45) is 0 Å². The van der Waals surface area contributed by atoms with Crippen LogP contribution in [0, 0.1) is 0 Å². The molecular weight excluding hydrogens is 845 g/mol. The van der Waals surface area contributed by atoms with Crippen LogP contribution in [0.25, 0.3) is 87.8 Å². The first-order valence-corrected chi connectivity index (χ1v) is 24.1. The summed E-state index contributed by atoms with van der Waals surface area (Å²) < 4.78 is 2.57. The van der Waals surface area contributed by atoms with Crippen molar-refractivity contribution in [2.45, 2.75) is 17.8 Å². The van der Waals surface area contributed by atoms with E-state index in [1.807, 2.05) is 47.9 Å². The minimum absolute atomic E-state index is 0.301. The van der Waals surface area contributed by atoms with Crippen molar-refractivity contribution in [3.8, 4) is 67.7 Å². The highest BCUT2D eigenvalue weighted by atomic mass is 32.1. The van der Waals surface area contributed by atoms with E-state index in [1.165, 1.54) is 64.7 Å². The molecule has 0 saturated carbocycles. The molecule has 0 N–H and O–H groups in total. The molecule has 0 unspecified atom stereocenters. The van der Waals surface area contributed by atoms with Gasteiger partial charge in [0.25, 0.3) is 0 Å². The fourth-order valence-electron chi connectivity index (χ4n) is 11.4. The number of hydrogen-bond donors (Lipinski definition) is 0. The monoisotopic (exact) mass is 884 g/mol. The molecule has 0 spiro atoms. The summed E-state index contributed by atoms with van der Waals surface area (Å²) in [6, 6.07) is 74.1. The van der Waals surface area contributed by atoms with E-state index in [0.717, 1.165) is 51.1 Å². The van der Waals surface area contributed by atoms with E-state index in [4.69, 9.17) is 19.9 Å². The Kier molecular flexibility index (Phi) is 8.77. The quantitative estimate of drug-likeness (QED) is 0.160. The van der Waals surface area contributed by atoms with Gasteiger partial charge in [-0.15, -0.1) is 11.3 Å². The number of pyridine rings is 1. The summed E-state index contributed by atoms with van der Waals surface area (Å²) in [5.74, 6) is 2.19. The van der Waals surface area contributed by atoms with Gasteiger partial charge >= 0.3 is 0 Å². The van der Waals surface area contributed by atoms with Crippen LogP contribution in [0.5, 0.6) is 0 Å². The second kappa shape index (κ2) is 15.3. The number of nitrogens with zero attached hydrogens (tertiary/aromatic N) is 4. The topological polar surface area (TPSA) is 51.6 Å². The predicted octanol–water partition coefficient (Wildman–Crippen LogP) is 15.7. The van der Waals surface area contributed by atoms with E-state index >= 15 is 0 Å². The van der Waals surface area contributed by atoms with Crippen LogP contribution in [0.1, 0.15) is 40.2 Å². The minimum Gasteiger partial charge on any atom is -0.256 e. The van der Waals surface area contributed by atoms with E-state index in [9.17, 15) is 0 Å². The number of benzene rings is 8. The van der Waals surface area contributed by atoms with Crippen LogP contribution in [-0.2, 0) is 5.41 Å². The highest BCUT2D eigenvalue weighted by molar-refractivity contribution is 7.26. The molecule has 318 valence electrons. The minimum atomic E-state index is -0.310. The average molecular weight is 885 g/mol. The zero-order chi connectivity index (χ0) is 44.8. The summed E-state index contributed by atoms with van der Waals surface area (Å²) in [6.07, 6.45) is 7.70. The standard InChI is InChI=1S/C63H40N4S/c1-2-13-41(14-3-1)60-65-61(67-62(66-60)44-16-10-15-43(37-44)47-20-11-21-49-48-17-6-9-26-57(48)68-59(47)49)42-29-27-39(28-30-42)45-33-36-56(64-38-45)40-31-34-46(35-32-40)63-53-23-7-4-18-50(53)58(52-22-12-25-55(52)63)51-19-5-8-24-54(51)63/h1-24,26-38,58H,25H2. The lowest BCUT2D eigenvalue weighted by Crippen LogP contribution is -2.42. The summed E-state index contributed by atoms with van der Waals surface area (Å²) in [6.45, 7) is 0. The molecule has 0 radical (unpaired) electrons. The van der Waals surface area contributed by atoms with E-state index < -0.39 is 0 Å². The van der Waals surface area contributed by atoms with Gasteiger partial charge in [0, 0.05) is 60.1 Å². The molecule has 4 aliphatic rings. The van der Waals surface area contributed by atoms with Gasteiger partial charge in [-0.25, -0.2) is 15.0 Å². The first-order valence-electron chi connectivity index (χ1n) is 23.3. The average Bonchev–Trinajstić information content (AvgIpc) is 4.08. The van der Waals surface area contributed by atoms with E-state index in [1.54, 1.807) is 0 Å². The Morgan fingerprint density at radius 3 is 1.79 bits per heavy atom. The molecule has 4 nitrogen and oxygen atoms in total. The summed E-state index contributed by atoms with van der Waals surface area (Å²) in [7, 11) is 0. The number of fused-ring (bicyclic) bond motifs is 3. The van der Waals surface area contributed by atoms with E-state index in [0.29, 0.717) is 23.4 Å². The lowest BCUT2D eigenvalue weighted by Gasteiger charge is -2.51. The van der Waals surface area contributed by atoms with Gasteiger partial charge in [-0.1, -0.05) is 200 Å². The molecule has 11 aromatic rings. The van der Waals surface area contributed by atoms with Gasteiger partial charge in [0.1, 0.15) is 0 Å². The second-order valence-electron chi connectivity index (χ2n) is 18.0. The van der Waals surface area contributed by atoms with Crippen LogP contribution in [0.3, 0.4) is 0 Å². The summed E-state index contributed by atoms with van der Waals surface area (Å²) >= 11 is 1.84. The number of thiophene rings is 1. The van der Waals surface area contributed by atoms with Crippen molar-refractivity contribution in [1.29, 1.82) is 0 Å². The normalized spacial score (nSPS) is 16.6. The molecule has 3 aromatic heterocycles. The summed E-state index contributed by atoms with van der Waals surface area (Å²) in [4.78, 5) is 20.2. The Hall–Kier alpha value is -8.38. The van der Waals surface area contributed by atoms with Crippen LogP contribution < -0.4 is 0 Å². The molecule has 4 aliphatic carbocycles. The van der Waals surface area contributed by atoms with Crippen LogP contribution in [0.2, 0.25) is 0 Å². The highest BCUT2D eigenvalue weighted by Gasteiger charge is 2.53. The molecule has 0 saturated heterocycles. The molecule has 2 bridgehead atoms. The molecular formula is C63H40N4S. The van der Waals surface area contributed by atoms with Crippen molar-refractivity contribution >= 4 is 31.5 Å². The summed E-state index contributed by atoms with van der Waals surface area (Å²) in [5, 5.41) is 2.57. The van der Waals surface area contributed by atoms with Crippen molar-refractivity contribution in [3.05, 3.63) is 264 Å². The van der Waals surface area contributed by atoms with Gasteiger partial charge in [-0.2, -0.15) is 0 Å². The Morgan fingerprint density at radius 1 is 0.456 bits per heavy atom. The van der Waals surface area contributed by atoms with Crippen molar-refractivity contribution < 1.29 is 0 Å². The maximum absolute atomic E-state index is 5.13. The molecule has 15 rings (SSSR count). The molecule has 5 heteroatoms. The Balaban J connectivity index is 0.772. The molecule has 0 aliphatic heterocycles. The molecule has 8 aromatic carbocycles. The van der Waals surface area contributed by atoms with Crippen molar-refractivity contribution in [1.82, 2.24) is 19.9 Å². The van der Waals surface area contributed by atoms with E-state index in [2.05, 4.69) is 188 Å². The fraction of sp³-hybridized carbons (Fsp3) is 0.0476. The lowest BCUT2D eigenvalue weighted by molar-refractivity contribution is 0.612. The molecule has 0 atom stereocenters. The Bertz CT molecular complexity index is 3820. The molecule has 0 amide bonds. The maximum Gasteiger partial charge on any atom is 0.164 e. The maximum atomic E-state index is 5.13. The van der Waals surface area contributed by atoms with Gasteiger partial charge < -0.3 is 0 Å². The molecule has 68 heavy (non-hydrogen) atoms. The van der Waals surface area contributed by atoms with Gasteiger partial charge in [0.15, 0.2) is 17.5 Å². The highest BCUT2D eigenvalue weighted by Crippen LogP contribution is 2.63. The van der Waals surface area contributed by atoms with Crippen LogP contribution >= 0.6 is 11.3 Å². The number of aromatic nitrogens is 4. The summed E-state index contributed by atoms with van der Waals surface area (Å²) in [5.41, 5.74) is 19.0. The zero-order valence-electron chi connectivity index (χ0n) is 36.8. The van der Waals surface area contributed by atoms with E-state index in [-0.39, 0.29) is 5.41 Å². The number of hydrogen-bond acceptors (Lipinski definition) is 5. The first-order chi connectivity index (χ1) is 33.7. The first kappa shape index (κ1) is 38.8. The molecule has 0 fully saturated rings. The Labute approximate surface area is 398 Å². The largest absolute Gasteiger partial charge is 0.256 e. The second-order valence-corrected chi connectivity index (χ2v) is 19.1. The van der Waals surface area contributed by atoms with Crippen LogP contribution in [-0.4, -0.2) is 19.9 Å². The molecule has 3 heterocycles. The number of allylic oxidation sites excluding steroid dienone is 4. The van der Waals surface area contributed by atoms with Gasteiger partial charge in [0.05, 0.1) is 11.1 Å². The third-order valence-electron chi connectivity index (χ3n) is 14.4. The fourth-order valence-corrected chi connectivity index (χ4v) is 12.6. The van der Waals surface area contributed by atoms with Crippen LogP contribution in [0.4, 0.5) is 0 Å². The van der Waals surface area contributed by atoms with Crippen LogP contribution in [0.15, 0.2) is 236 Å². The third kappa shape index (κ3) is 5.92. The zero-order valence-corrected chi connectivity index (χ0v) is 37.7. The van der Waals surface area contributed by atoms with Gasteiger partial charge in [-0.3, -0.25) is 4.98 Å². The van der Waals surface area contributed by atoms with Gasteiger partial charge in [-0.05, 0) is 80.3 Å². The third-order valence-corrected chi connectivity index (χ3v) is 15.7. The predicted molar refractivity (Wildman–Crippen MR) is 279 cm³/mol. The number of rotatable bonds is 7. The lowest BCUT2D eigenvalue weighted by atomic mass is 9.51. The SMILES string of the molecule is C1=CC2=C(C1)C1(c3ccc(-c4ccc(-c5ccc(-c6nc(-c7ccccc7)nc(-c7cccc(-c8cccc9c8sc8ccccc89)c7)n6)cc5)cn4)cc3)c3ccccc3C2c2ccccc21. The van der Waals surface area contributed by atoms with Crippen molar-refractivity contribution in [3.63, 3.8) is 0 Å². The van der Waals surface area contributed by atoms with Crippen molar-refractivity contribution in [2.75, 3.05) is 0 Å². The Morgan fingerprint density at radius 2 is 1.04 bits per heavy atom.